The van der Waals surface area contributed by atoms with Crippen molar-refractivity contribution in [2.75, 3.05) is 20.1 Å². The normalized spacial score (nSPS) is 27.8. The Morgan fingerprint density at radius 2 is 2.24 bits per heavy atom. The number of hydrogen-bond donors (Lipinski definition) is 2. The van der Waals surface area contributed by atoms with Crippen LogP contribution < -0.4 is 5.32 Å². The Morgan fingerprint density at radius 3 is 2.95 bits per heavy atom. The second-order valence-electron chi connectivity index (χ2n) is 6.08. The predicted octanol–water partition coefficient (Wildman–Crippen LogP) is 0.415. The first kappa shape index (κ1) is 14.1. The molecule has 2 N–H and O–H groups in total. The second kappa shape index (κ2) is 5.15. The quantitative estimate of drug-likeness (QED) is 0.846. The van der Waals surface area contributed by atoms with Crippen LogP contribution in [0.3, 0.4) is 0 Å². The summed E-state index contributed by atoms with van der Waals surface area (Å²) in [5.41, 5.74) is 1.07. The van der Waals surface area contributed by atoms with Gasteiger partial charge in [-0.05, 0) is 24.0 Å². The Kier molecular flexibility index (Phi) is 3.45. The number of benzene rings is 1. The summed E-state index contributed by atoms with van der Waals surface area (Å²) in [6.45, 7) is 0.664. The second-order valence-corrected chi connectivity index (χ2v) is 6.08. The highest BCUT2D eigenvalue weighted by molar-refractivity contribution is 5.89. The van der Waals surface area contributed by atoms with Crippen molar-refractivity contribution >= 4 is 11.8 Å². The summed E-state index contributed by atoms with van der Waals surface area (Å²) in [4.78, 5) is 25.2. The van der Waals surface area contributed by atoms with Gasteiger partial charge in [0.15, 0.2) is 0 Å². The molecule has 1 aromatic carbocycles. The zero-order chi connectivity index (χ0) is 15.0. The van der Waals surface area contributed by atoms with Crippen molar-refractivity contribution in [2.45, 2.75) is 24.9 Å². The van der Waals surface area contributed by atoms with Crippen LogP contribution in [-0.2, 0) is 21.6 Å². The molecule has 21 heavy (non-hydrogen) atoms. The standard InChI is InChI=1S/C16H20N2O3/c1-18-9-12(8-14(18)19)15(20)17-10-16(21)7-6-11-4-2-3-5-13(11)16/h2-5,12,21H,6-10H2,1H3,(H,17,20). The van der Waals surface area contributed by atoms with Gasteiger partial charge in [-0.3, -0.25) is 9.59 Å². The Labute approximate surface area is 123 Å². The van der Waals surface area contributed by atoms with Gasteiger partial charge >= 0.3 is 0 Å². The average molecular weight is 288 g/mol. The lowest BCUT2D eigenvalue weighted by Gasteiger charge is -2.25. The maximum atomic E-state index is 12.1. The molecule has 112 valence electrons. The number of amides is 2. The van der Waals surface area contributed by atoms with Gasteiger partial charge in [0.2, 0.25) is 11.8 Å². The molecule has 2 aliphatic rings. The number of hydrogen-bond acceptors (Lipinski definition) is 3. The molecule has 1 aromatic rings. The van der Waals surface area contributed by atoms with Gasteiger partial charge in [0.05, 0.1) is 12.5 Å². The molecular weight excluding hydrogens is 268 g/mol. The van der Waals surface area contributed by atoms with Gasteiger partial charge in [0.1, 0.15) is 5.60 Å². The minimum atomic E-state index is -0.985. The van der Waals surface area contributed by atoms with E-state index in [1.807, 2.05) is 24.3 Å². The Bertz CT molecular complexity index is 587. The highest BCUT2D eigenvalue weighted by Crippen LogP contribution is 2.36. The number of likely N-dealkylation sites (tertiary alicyclic amines) is 1. The Hall–Kier alpha value is -1.88. The van der Waals surface area contributed by atoms with Crippen LogP contribution in [0, 0.1) is 5.92 Å². The van der Waals surface area contributed by atoms with E-state index in [0.717, 1.165) is 17.5 Å². The summed E-state index contributed by atoms with van der Waals surface area (Å²) in [5.74, 6) is -0.451. The van der Waals surface area contributed by atoms with E-state index in [9.17, 15) is 14.7 Å². The third-order valence-electron chi connectivity index (χ3n) is 4.59. The van der Waals surface area contributed by atoms with Crippen LogP contribution in [0.5, 0.6) is 0 Å². The largest absolute Gasteiger partial charge is 0.383 e. The molecule has 5 nitrogen and oxygen atoms in total. The highest BCUT2D eigenvalue weighted by atomic mass is 16.3. The van der Waals surface area contributed by atoms with E-state index in [2.05, 4.69) is 5.32 Å². The van der Waals surface area contributed by atoms with E-state index in [4.69, 9.17) is 0 Å². The fourth-order valence-corrected chi connectivity index (χ4v) is 3.27. The van der Waals surface area contributed by atoms with Gasteiger partial charge < -0.3 is 15.3 Å². The minimum absolute atomic E-state index is 0.0000683. The van der Waals surface area contributed by atoms with E-state index in [1.165, 1.54) is 0 Å². The molecule has 0 spiro atoms. The highest BCUT2D eigenvalue weighted by Gasteiger charge is 2.38. The van der Waals surface area contributed by atoms with Gasteiger partial charge in [0, 0.05) is 20.0 Å². The first-order valence-corrected chi connectivity index (χ1v) is 7.32. The number of carbonyl (C=O) groups is 2. The molecular formula is C16H20N2O3. The summed E-state index contributed by atoms with van der Waals surface area (Å²) in [6.07, 6.45) is 1.71. The van der Waals surface area contributed by atoms with Crippen molar-refractivity contribution in [1.82, 2.24) is 10.2 Å². The maximum absolute atomic E-state index is 12.1. The zero-order valence-electron chi connectivity index (χ0n) is 12.1. The third-order valence-corrected chi connectivity index (χ3v) is 4.59. The molecule has 1 aliphatic carbocycles. The summed E-state index contributed by atoms with van der Waals surface area (Å²) in [6, 6.07) is 7.80. The smallest absolute Gasteiger partial charge is 0.225 e. The number of nitrogens with zero attached hydrogens (tertiary/aromatic N) is 1. The number of aryl methyl sites for hydroxylation is 1. The molecule has 1 fully saturated rings. The molecule has 1 heterocycles. The van der Waals surface area contributed by atoms with Crippen LogP contribution in [0.15, 0.2) is 24.3 Å². The topological polar surface area (TPSA) is 69.6 Å². The van der Waals surface area contributed by atoms with Crippen LogP contribution in [-0.4, -0.2) is 42.0 Å². The van der Waals surface area contributed by atoms with Crippen molar-refractivity contribution in [3.8, 4) is 0 Å². The van der Waals surface area contributed by atoms with Crippen molar-refractivity contribution in [2.24, 2.45) is 5.92 Å². The Balaban J connectivity index is 1.63. The molecule has 1 aliphatic heterocycles. The summed E-state index contributed by atoms with van der Waals surface area (Å²) >= 11 is 0. The monoisotopic (exact) mass is 288 g/mol. The van der Waals surface area contributed by atoms with Gasteiger partial charge in [-0.2, -0.15) is 0 Å². The third kappa shape index (κ3) is 2.53. The fraction of sp³-hybridized carbons (Fsp3) is 0.500. The molecule has 0 aromatic heterocycles. The van der Waals surface area contributed by atoms with Gasteiger partial charge in [-0.15, -0.1) is 0 Å². The molecule has 2 atom stereocenters. The summed E-state index contributed by atoms with van der Waals surface area (Å²) < 4.78 is 0. The number of rotatable bonds is 3. The van der Waals surface area contributed by atoms with Crippen LogP contribution in [0.25, 0.3) is 0 Å². The SMILES string of the molecule is CN1CC(C(=O)NCC2(O)CCc3ccccc32)CC1=O. The van der Waals surface area contributed by atoms with Crippen LogP contribution in [0.4, 0.5) is 0 Å². The van der Waals surface area contributed by atoms with Gasteiger partial charge in [0.25, 0.3) is 0 Å². The van der Waals surface area contributed by atoms with Crippen molar-refractivity contribution in [3.05, 3.63) is 35.4 Å². The lowest BCUT2D eigenvalue weighted by Crippen LogP contribution is -2.42. The first-order chi connectivity index (χ1) is 9.99. The van der Waals surface area contributed by atoms with E-state index >= 15 is 0 Å². The van der Waals surface area contributed by atoms with Crippen LogP contribution >= 0.6 is 0 Å². The minimum Gasteiger partial charge on any atom is -0.383 e. The van der Waals surface area contributed by atoms with E-state index in [1.54, 1.807) is 11.9 Å². The average Bonchev–Trinajstić information content (AvgIpc) is 2.99. The summed E-state index contributed by atoms with van der Waals surface area (Å²) in [5, 5.41) is 13.6. The lowest BCUT2D eigenvalue weighted by atomic mass is 9.95. The molecule has 0 bridgehead atoms. The van der Waals surface area contributed by atoms with E-state index < -0.39 is 5.60 Å². The molecule has 5 heteroatoms. The number of carbonyl (C=O) groups excluding carboxylic acids is 2. The molecule has 2 amide bonds. The van der Waals surface area contributed by atoms with E-state index in [-0.39, 0.29) is 30.7 Å². The lowest BCUT2D eigenvalue weighted by molar-refractivity contribution is -0.128. The number of nitrogens with one attached hydrogen (secondary N) is 1. The van der Waals surface area contributed by atoms with Gasteiger partial charge in [-0.25, -0.2) is 0 Å². The zero-order valence-corrected chi connectivity index (χ0v) is 12.1. The van der Waals surface area contributed by atoms with Crippen molar-refractivity contribution in [3.63, 3.8) is 0 Å². The summed E-state index contributed by atoms with van der Waals surface area (Å²) in [7, 11) is 1.70. The fourth-order valence-electron chi connectivity index (χ4n) is 3.27. The predicted molar refractivity (Wildman–Crippen MR) is 77.4 cm³/mol. The number of aliphatic hydroxyl groups is 1. The Morgan fingerprint density at radius 1 is 1.48 bits per heavy atom. The maximum Gasteiger partial charge on any atom is 0.225 e. The van der Waals surface area contributed by atoms with Gasteiger partial charge in [-0.1, -0.05) is 24.3 Å². The van der Waals surface area contributed by atoms with Crippen LogP contribution in [0.2, 0.25) is 0 Å². The first-order valence-electron chi connectivity index (χ1n) is 7.32. The van der Waals surface area contributed by atoms with Crippen LogP contribution in [0.1, 0.15) is 24.0 Å². The van der Waals surface area contributed by atoms with Crippen molar-refractivity contribution < 1.29 is 14.7 Å². The molecule has 3 rings (SSSR count). The molecule has 1 saturated heterocycles. The van der Waals surface area contributed by atoms with E-state index in [0.29, 0.717) is 13.0 Å². The molecule has 0 saturated carbocycles. The molecule has 2 unspecified atom stereocenters. The number of fused-ring (bicyclic) bond motifs is 1. The van der Waals surface area contributed by atoms with Crippen molar-refractivity contribution in [1.29, 1.82) is 0 Å². The molecule has 0 radical (unpaired) electrons.